The van der Waals surface area contributed by atoms with Gasteiger partial charge in [0, 0.05) is 5.69 Å². The first-order valence-electron chi connectivity index (χ1n) is 5.35. The number of hydrogen-bond donors (Lipinski definition) is 2. The average Bonchev–Trinajstić information content (AvgIpc) is 2.35. The van der Waals surface area contributed by atoms with Gasteiger partial charge in [0.15, 0.2) is 0 Å². The third-order valence-corrected chi connectivity index (χ3v) is 2.72. The second kappa shape index (κ2) is 5.06. The molecule has 0 aliphatic heterocycles. The molecule has 2 rings (SSSR count). The molecule has 3 N–H and O–H groups in total. The zero-order chi connectivity index (χ0) is 13.1. The van der Waals surface area contributed by atoms with E-state index in [2.05, 4.69) is 10.3 Å². The monoisotopic (exact) mass is 261 g/mol. The Bertz CT molecular complexity index is 581. The zero-order valence-corrected chi connectivity index (χ0v) is 10.5. The van der Waals surface area contributed by atoms with Gasteiger partial charge in [0.05, 0.1) is 17.4 Å². The molecule has 0 unspecified atom stereocenters. The number of halogens is 1. The molecule has 1 heterocycles. The van der Waals surface area contributed by atoms with E-state index in [-0.39, 0.29) is 16.6 Å². The first-order chi connectivity index (χ1) is 8.56. The van der Waals surface area contributed by atoms with E-state index in [0.29, 0.717) is 11.4 Å². The van der Waals surface area contributed by atoms with E-state index in [0.717, 1.165) is 5.56 Å². The summed E-state index contributed by atoms with van der Waals surface area (Å²) in [6, 6.07) is 8.96. The Morgan fingerprint density at radius 3 is 2.67 bits per heavy atom. The Hall–Kier alpha value is -2.07. The van der Waals surface area contributed by atoms with Gasteiger partial charge in [0.25, 0.3) is 5.91 Å². The van der Waals surface area contributed by atoms with Gasteiger partial charge in [0.1, 0.15) is 5.15 Å². The first kappa shape index (κ1) is 12.4. The summed E-state index contributed by atoms with van der Waals surface area (Å²) in [6.45, 7) is 1.98. The third-order valence-electron chi connectivity index (χ3n) is 2.41. The van der Waals surface area contributed by atoms with Gasteiger partial charge < -0.3 is 11.1 Å². The van der Waals surface area contributed by atoms with Gasteiger partial charge in [-0.3, -0.25) is 4.79 Å². The van der Waals surface area contributed by atoms with E-state index < -0.39 is 0 Å². The summed E-state index contributed by atoms with van der Waals surface area (Å²) in [5.74, 6) is -0.330. The summed E-state index contributed by atoms with van der Waals surface area (Å²) < 4.78 is 0. The Morgan fingerprint density at radius 1 is 1.33 bits per heavy atom. The normalized spacial score (nSPS) is 10.1. The van der Waals surface area contributed by atoms with Gasteiger partial charge in [-0.1, -0.05) is 29.3 Å². The van der Waals surface area contributed by atoms with Crippen LogP contribution in [0, 0.1) is 6.92 Å². The third kappa shape index (κ3) is 2.78. The fourth-order valence-electron chi connectivity index (χ4n) is 1.46. The van der Waals surface area contributed by atoms with E-state index in [1.807, 2.05) is 31.2 Å². The quantitative estimate of drug-likeness (QED) is 0.817. The molecular weight excluding hydrogens is 250 g/mol. The minimum atomic E-state index is -0.330. The van der Waals surface area contributed by atoms with Crippen molar-refractivity contribution in [2.24, 2.45) is 0 Å². The highest BCUT2D eigenvalue weighted by atomic mass is 35.5. The smallest absolute Gasteiger partial charge is 0.258 e. The Labute approximate surface area is 110 Å². The minimum Gasteiger partial charge on any atom is -0.397 e. The van der Waals surface area contributed by atoms with Crippen molar-refractivity contribution in [2.45, 2.75) is 6.92 Å². The number of aryl methyl sites for hydroxylation is 1. The first-order valence-corrected chi connectivity index (χ1v) is 5.73. The van der Waals surface area contributed by atoms with Crippen molar-refractivity contribution in [3.8, 4) is 0 Å². The number of amides is 1. The molecule has 1 aromatic carbocycles. The number of nitrogens with two attached hydrogens (primary N) is 1. The molecule has 0 spiro atoms. The molecule has 1 aromatic heterocycles. The van der Waals surface area contributed by atoms with Gasteiger partial charge in [-0.15, -0.1) is 0 Å². The second-order valence-corrected chi connectivity index (χ2v) is 4.29. The van der Waals surface area contributed by atoms with Crippen molar-refractivity contribution in [1.82, 2.24) is 4.98 Å². The van der Waals surface area contributed by atoms with E-state index in [1.165, 1.54) is 12.3 Å². The summed E-state index contributed by atoms with van der Waals surface area (Å²) in [5.41, 5.74) is 8.06. The van der Waals surface area contributed by atoms with Crippen LogP contribution in [0.1, 0.15) is 15.9 Å². The Morgan fingerprint density at radius 2 is 2.00 bits per heavy atom. The number of aromatic nitrogens is 1. The average molecular weight is 262 g/mol. The van der Waals surface area contributed by atoms with Crippen LogP contribution in [0.5, 0.6) is 0 Å². The van der Waals surface area contributed by atoms with Crippen LogP contribution in [-0.2, 0) is 0 Å². The maximum absolute atomic E-state index is 12.0. The Kier molecular flexibility index (Phi) is 3.48. The van der Waals surface area contributed by atoms with Crippen LogP contribution in [0.2, 0.25) is 5.15 Å². The van der Waals surface area contributed by atoms with E-state index in [4.69, 9.17) is 17.3 Å². The van der Waals surface area contributed by atoms with Crippen LogP contribution in [0.25, 0.3) is 0 Å². The van der Waals surface area contributed by atoms with Gasteiger partial charge in [-0.2, -0.15) is 0 Å². The lowest BCUT2D eigenvalue weighted by atomic mass is 10.2. The van der Waals surface area contributed by atoms with Gasteiger partial charge in [-0.25, -0.2) is 4.98 Å². The van der Waals surface area contributed by atoms with Gasteiger partial charge >= 0.3 is 0 Å². The summed E-state index contributed by atoms with van der Waals surface area (Å²) in [7, 11) is 0. The molecule has 0 aliphatic carbocycles. The standard InChI is InChI=1S/C13H12ClN3O/c1-8-2-4-10(5-3-8)17-13(18)11-6-9(15)7-16-12(11)14/h2-7H,15H2,1H3,(H,17,18). The van der Waals surface area contributed by atoms with Gasteiger partial charge in [-0.05, 0) is 25.1 Å². The topological polar surface area (TPSA) is 68.0 Å². The molecule has 2 aromatic rings. The molecule has 0 atom stereocenters. The summed E-state index contributed by atoms with van der Waals surface area (Å²) >= 11 is 5.86. The Balaban J connectivity index is 2.21. The predicted molar refractivity (Wildman–Crippen MR) is 72.8 cm³/mol. The van der Waals surface area contributed by atoms with E-state index in [1.54, 1.807) is 0 Å². The summed E-state index contributed by atoms with van der Waals surface area (Å²) in [4.78, 5) is 15.8. The van der Waals surface area contributed by atoms with Crippen molar-refractivity contribution < 1.29 is 4.79 Å². The van der Waals surface area contributed by atoms with Crippen molar-refractivity contribution in [3.05, 3.63) is 52.8 Å². The number of nitrogen functional groups attached to an aromatic ring is 1. The van der Waals surface area contributed by atoms with Crippen LogP contribution >= 0.6 is 11.6 Å². The second-order valence-electron chi connectivity index (χ2n) is 3.93. The van der Waals surface area contributed by atoms with Crippen LogP contribution < -0.4 is 11.1 Å². The molecule has 0 bridgehead atoms. The van der Waals surface area contributed by atoms with E-state index in [9.17, 15) is 4.79 Å². The zero-order valence-electron chi connectivity index (χ0n) is 9.77. The fraction of sp³-hybridized carbons (Fsp3) is 0.0769. The van der Waals surface area contributed by atoms with Crippen LogP contribution in [-0.4, -0.2) is 10.9 Å². The van der Waals surface area contributed by atoms with Crippen LogP contribution in [0.4, 0.5) is 11.4 Å². The highest BCUT2D eigenvalue weighted by Gasteiger charge is 2.12. The number of nitrogens with one attached hydrogen (secondary N) is 1. The van der Waals surface area contributed by atoms with Crippen molar-refractivity contribution >= 4 is 28.9 Å². The maximum Gasteiger partial charge on any atom is 0.258 e. The number of carbonyl (C=O) groups excluding carboxylic acids is 1. The number of pyridine rings is 1. The molecule has 5 heteroatoms. The molecular formula is C13H12ClN3O. The summed E-state index contributed by atoms with van der Waals surface area (Å²) in [5, 5.41) is 2.87. The fourth-order valence-corrected chi connectivity index (χ4v) is 1.65. The number of benzene rings is 1. The molecule has 18 heavy (non-hydrogen) atoms. The lowest BCUT2D eigenvalue weighted by molar-refractivity contribution is 0.102. The number of nitrogens with zero attached hydrogens (tertiary/aromatic N) is 1. The molecule has 0 fully saturated rings. The number of rotatable bonds is 2. The maximum atomic E-state index is 12.0. The van der Waals surface area contributed by atoms with E-state index >= 15 is 0 Å². The molecule has 0 saturated carbocycles. The minimum absolute atomic E-state index is 0.133. The van der Waals surface area contributed by atoms with Crippen molar-refractivity contribution in [1.29, 1.82) is 0 Å². The highest BCUT2D eigenvalue weighted by Crippen LogP contribution is 2.17. The highest BCUT2D eigenvalue weighted by molar-refractivity contribution is 6.33. The predicted octanol–water partition coefficient (Wildman–Crippen LogP) is 2.88. The molecule has 4 nitrogen and oxygen atoms in total. The molecule has 1 amide bonds. The van der Waals surface area contributed by atoms with Gasteiger partial charge in [0.2, 0.25) is 0 Å². The van der Waals surface area contributed by atoms with Crippen LogP contribution in [0.3, 0.4) is 0 Å². The summed E-state index contributed by atoms with van der Waals surface area (Å²) in [6.07, 6.45) is 1.41. The number of carbonyl (C=O) groups is 1. The SMILES string of the molecule is Cc1ccc(NC(=O)c2cc(N)cnc2Cl)cc1. The lowest BCUT2D eigenvalue weighted by Gasteiger charge is -2.07. The van der Waals surface area contributed by atoms with Crippen molar-refractivity contribution in [2.75, 3.05) is 11.1 Å². The number of anilines is 2. The molecule has 0 radical (unpaired) electrons. The van der Waals surface area contributed by atoms with Crippen molar-refractivity contribution in [3.63, 3.8) is 0 Å². The molecule has 92 valence electrons. The lowest BCUT2D eigenvalue weighted by Crippen LogP contribution is -2.13. The van der Waals surface area contributed by atoms with Crippen LogP contribution in [0.15, 0.2) is 36.5 Å². The number of hydrogen-bond acceptors (Lipinski definition) is 3. The molecule has 0 aliphatic rings. The molecule has 0 saturated heterocycles. The largest absolute Gasteiger partial charge is 0.397 e.